The van der Waals surface area contributed by atoms with Gasteiger partial charge in [0, 0.05) is 20.2 Å². The standard InChI is InChI=1S/C13H19ClN2O/c1-17-9-10-4-3-7-16(8-10)13-11(14)5-2-6-12(13)15/h2,5-6,10H,3-4,7-9,15H2,1H3. The van der Waals surface area contributed by atoms with Gasteiger partial charge in [0.15, 0.2) is 0 Å². The summed E-state index contributed by atoms with van der Waals surface area (Å²) in [5.74, 6) is 0.574. The molecule has 1 atom stereocenters. The van der Waals surface area contributed by atoms with E-state index in [0.29, 0.717) is 5.92 Å². The van der Waals surface area contributed by atoms with Gasteiger partial charge in [-0.25, -0.2) is 0 Å². The number of nitrogen functional groups attached to an aromatic ring is 1. The number of halogens is 1. The van der Waals surface area contributed by atoms with Crippen LogP contribution in [0.3, 0.4) is 0 Å². The summed E-state index contributed by atoms with van der Waals surface area (Å²) in [6, 6.07) is 5.69. The summed E-state index contributed by atoms with van der Waals surface area (Å²) in [6.45, 7) is 2.80. The molecule has 1 fully saturated rings. The molecule has 0 aliphatic carbocycles. The topological polar surface area (TPSA) is 38.5 Å². The molecule has 1 heterocycles. The molecule has 4 heteroatoms. The van der Waals surface area contributed by atoms with Gasteiger partial charge in [0.1, 0.15) is 0 Å². The average Bonchev–Trinajstić information content (AvgIpc) is 2.30. The van der Waals surface area contributed by atoms with Gasteiger partial charge in [-0.2, -0.15) is 0 Å². The van der Waals surface area contributed by atoms with Gasteiger partial charge in [0.05, 0.1) is 23.0 Å². The van der Waals surface area contributed by atoms with Crippen LogP contribution in [0.15, 0.2) is 18.2 Å². The molecule has 1 aromatic rings. The van der Waals surface area contributed by atoms with Crippen LogP contribution in [0, 0.1) is 5.92 Å². The van der Waals surface area contributed by atoms with Crippen LogP contribution >= 0.6 is 11.6 Å². The molecule has 2 N–H and O–H groups in total. The minimum Gasteiger partial charge on any atom is -0.397 e. The van der Waals surface area contributed by atoms with E-state index in [-0.39, 0.29) is 0 Å². The molecule has 0 bridgehead atoms. The molecule has 3 nitrogen and oxygen atoms in total. The molecular weight excluding hydrogens is 236 g/mol. The predicted molar refractivity (Wildman–Crippen MR) is 72.7 cm³/mol. The first-order valence-corrected chi connectivity index (χ1v) is 6.38. The fraction of sp³-hybridized carbons (Fsp3) is 0.538. The second kappa shape index (κ2) is 5.61. The van der Waals surface area contributed by atoms with Crippen molar-refractivity contribution >= 4 is 23.0 Å². The summed E-state index contributed by atoms with van der Waals surface area (Å²) in [5, 5.41) is 0.739. The van der Waals surface area contributed by atoms with Crippen LogP contribution in [0.25, 0.3) is 0 Å². The molecule has 1 aliphatic heterocycles. The molecule has 17 heavy (non-hydrogen) atoms. The number of hydrogen-bond acceptors (Lipinski definition) is 3. The lowest BCUT2D eigenvalue weighted by Gasteiger charge is -2.35. The minimum absolute atomic E-state index is 0.574. The van der Waals surface area contributed by atoms with Crippen molar-refractivity contribution in [3.63, 3.8) is 0 Å². The summed E-state index contributed by atoms with van der Waals surface area (Å²) in [6.07, 6.45) is 2.38. The monoisotopic (exact) mass is 254 g/mol. The molecule has 1 unspecified atom stereocenters. The Kier molecular flexibility index (Phi) is 4.13. The molecule has 0 spiro atoms. The highest BCUT2D eigenvalue weighted by Gasteiger charge is 2.22. The van der Waals surface area contributed by atoms with Gasteiger partial charge >= 0.3 is 0 Å². The van der Waals surface area contributed by atoms with E-state index < -0.39 is 0 Å². The molecule has 1 aromatic carbocycles. The Morgan fingerprint density at radius 1 is 1.53 bits per heavy atom. The van der Waals surface area contributed by atoms with Gasteiger partial charge in [0.2, 0.25) is 0 Å². The van der Waals surface area contributed by atoms with Crippen molar-refractivity contribution in [1.29, 1.82) is 0 Å². The van der Waals surface area contributed by atoms with Crippen molar-refractivity contribution in [2.75, 3.05) is 37.4 Å². The van der Waals surface area contributed by atoms with Crippen molar-refractivity contribution in [2.24, 2.45) is 5.92 Å². The number of piperidine rings is 1. The smallest absolute Gasteiger partial charge is 0.0789 e. The highest BCUT2D eigenvalue weighted by molar-refractivity contribution is 6.34. The minimum atomic E-state index is 0.574. The van der Waals surface area contributed by atoms with Crippen LogP contribution in [-0.2, 0) is 4.74 Å². The van der Waals surface area contributed by atoms with Crippen molar-refractivity contribution < 1.29 is 4.74 Å². The fourth-order valence-corrected chi connectivity index (χ4v) is 2.81. The van der Waals surface area contributed by atoms with Gasteiger partial charge < -0.3 is 15.4 Å². The largest absolute Gasteiger partial charge is 0.397 e. The zero-order valence-electron chi connectivity index (χ0n) is 10.2. The van der Waals surface area contributed by atoms with E-state index in [9.17, 15) is 0 Å². The van der Waals surface area contributed by atoms with Gasteiger partial charge in [-0.1, -0.05) is 17.7 Å². The van der Waals surface area contributed by atoms with E-state index in [1.807, 2.05) is 18.2 Å². The van der Waals surface area contributed by atoms with Crippen LogP contribution in [0.2, 0.25) is 5.02 Å². The number of rotatable bonds is 3. The molecule has 1 aliphatic rings. The van der Waals surface area contributed by atoms with Crippen LogP contribution in [0.4, 0.5) is 11.4 Å². The summed E-state index contributed by atoms with van der Waals surface area (Å²) in [4.78, 5) is 2.28. The summed E-state index contributed by atoms with van der Waals surface area (Å²) >= 11 is 6.23. The third-order valence-corrected chi connectivity index (χ3v) is 3.56. The van der Waals surface area contributed by atoms with Crippen LogP contribution < -0.4 is 10.6 Å². The summed E-state index contributed by atoms with van der Waals surface area (Å²) < 4.78 is 5.24. The lowest BCUT2D eigenvalue weighted by Crippen LogP contribution is -2.37. The number of hydrogen-bond donors (Lipinski definition) is 1. The second-order valence-corrected chi connectivity index (χ2v) is 4.99. The molecule has 0 saturated carbocycles. The van der Waals surface area contributed by atoms with E-state index in [0.717, 1.165) is 36.1 Å². The Balaban J connectivity index is 2.16. The predicted octanol–water partition coefficient (Wildman–Crippen LogP) is 2.79. The highest BCUT2D eigenvalue weighted by atomic mass is 35.5. The molecule has 0 radical (unpaired) electrons. The van der Waals surface area contributed by atoms with Gasteiger partial charge in [-0.15, -0.1) is 0 Å². The molecule has 1 saturated heterocycles. The van der Waals surface area contributed by atoms with Gasteiger partial charge in [0.25, 0.3) is 0 Å². The van der Waals surface area contributed by atoms with Crippen molar-refractivity contribution in [2.45, 2.75) is 12.8 Å². The van der Waals surface area contributed by atoms with Gasteiger partial charge in [-0.3, -0.25) is 0 Å². The normalized spacial score (nSPS) is 20.6. The number of anilines is 2. The maximum Gasteiger partial charge on any atom is 0.0789 e. The van der Waals surface area contributed by atoms with E-state index in [4.69, 9.17) is 22.1 Å². The first kappa shape index (κ1) is 12.5. The molecule has 2 rings (SSSR count). The van der Waals surface area contributed by atoms with Gasteiger partial charge in [-0.05, 0) is 30.9 Å². The lowest BCUT2D eigenvalue weighted by atomic mass is 9.98. The maximum absolute atomic E-state index is 6.23. The molecule has 0 aromatic heterocycles. The van der Waals surface area contributed by atoms with E-state index in [1.54, 1.807) is 7.11 Å². The van der Waals surface area contributed by atoms with E-state index in [2.05, 4.69) is 4.90 Å². The molecule has 0 amide bonds. The molecule has 94 valence electrons. The quantitative estimate of drug-likeness (QED) is 0.843. The first-order valence-electron chi connectivity index (χ1n) is 6.00. The van der Waals surface area contributed by atoms with Crippen molar-refractivity contribution in [3.05, 3.63) is 23.2 Å². The number of benzene rings is 1. The number of para-hydroxylation sites is 1. The fourth-order valence-electron chi connectivity index (χ4n) is 2.51. The number of ether oxygens (including phenoxy) is 1. The zero-order valence-corrected chi connectivity index (χ0v) is 10.9. The van der Waals surface area contributed by atoms with Crippen LogP contribution in [0.5, 0.6) is 0 Å². The number of methoxy groups -OCH3 is 1. The lowest BCUT2D eigenvalue weighted by molar-refractivity contribution is 0.143. The third-order valence-electron chi connectivity index (χ3n) is 3.26. The van der Waals surface area contributed by atoms with Crippen molar-refractivity contribution in [1.82, 2.24) is 0 Å². The Morgan fingerprint density at radius 2 is 2.35 bits per heavy atom. The third kappa shape index (κ3) is 2.85. The number of nitrogens with two attached hydrogens (primary N) is 1. The first-order chi connectivity index (χ1) is 8.22. The van der Waals surface area contributed by atoms with Crippen molar-refractivity contribution in [3.8, 4) is 0 Å². The Morgan fingerprint density at radius 3 is 3.06 bits per heavy atom. The Bertz CT molecular complexity index is 361. The highest BCUT2D eigenvalue weighted by Crippen LogP contribution is 2.34. The average molecular weight is 255 g/mol. The number of nitrogens with zero attached hydrogens (tertiary/aromatic N) is 1. The van der Waals surface area contributed by atoms with E-state index >= 15 is 0 Å². The van der Waals surface area contributed by atoms with Crippen LogP contribution in [0.1, 0.15) is 12.8 Å². The summed E-state index contributed by atoms with van der Waals surface area (Å²) in [7, 11) is 1.75. The molecular formula is C13H19ClN2O. The second-order valence-electron chi connectivity index (χ2n) is 4.59. The Labute approximate surface area is 107 Å². The van der Waals surface area contributed by atoms with E-state index in [1.165, 1.54) is 12.8 Å². The zero-order chi connectivity index (χ0) is 12.3. The SMILES string of the molecule is COCC1CCCN(c2c(N)cccc2Cl)C1. The Hall–Kier alpha value is -0.930. The van der Waals surface area contributed by atoms with Crippen LogP contribution in [-0.4, -0.2) is 26.8 Å². The summed E-state index contributed by atoms with van der Waals surface area (Å²) in [5.41, 5.74) is 7.76. The maximum atomic E-state index is 6.23.